The van der Waals surface area contributed by atoms with E-state index in [2.05, 4.69) is 0 Å². The molecule has 0 heterocycles. The number of nitro benzene ring substituents is 1. The quantitative estimate of drug-likeness (QED) is 0.212. The predicted octanol–water partition coefficient (Wildman–Crippen LogP) is 4.66. The maximum absolute atomic E-state index is 10.7. The van der Waals surface area contributed by atoms with Crippen molar-refractivity contribution in [2.24, 2.45) is 0 Å². The molecule has 0 aromatic heterocycles. The molecule has 0 unspecified atom stereocenters. The van der Waals surface area contributed by atoms with Gasteiger partial charge in [-0.25, -0.2) is 0 Å². The van der Waals surface area contributed by atoms with Crippen LogP contribution in [0.4, 0.5) is 5.69 Å². The Bertz CT molecular complexity index is 543. The van der Waals surface area contributed by atoms with Crippen molar-refractivity contribution in [3.63, 3.8) is 0 Å². The second-order valence-corrected chi connectivity index (χ2v) is 7.95. The predicted molar refractivity (Wildman–Crippen MR) is 97.1 cm³/mol. The molecule has 8 heteroatoms. The van der Waals surface area contributed by atoms with Gasteiger partial charge in [0.05, 0.1) is 11.5 Å². The Morgan fingerprint density at radius 1 is 0.880 bits per heavy atom. The maximum atomic E-state index is 10.7. The van der Waals surface area contributed by atoms with E-state index < -0.39 is 12.5 Å². The monoisotopic (exact) mass is 373 g/mol. The minimum atomic E-state index is -3.81. The maximum Gasteiger partial charge on any atom is 0.325 e. The molecule has 1 aromatic rings. The van der Waals surface area contributed by atoms with Crippen molar-refractivity contribution in [3.8, 4) is 5.75 Å². The van der Waals surface area contributed by atoms with Gasteiger partial charge < -0.3 is 14.5 Å². The Kier molecular flexibility index (Phi) is 10.4. The van der Waals surface area contributed by atoms with Crippen molar-refractivity contribution in [2.75, 3.05) is 12.8 Å². The molecule has 0 saturated carbocycles. The molecule has 1 aromatic carbocycles. The fourth-order valence-electron chi connectivity index (χ4n) is 2.51. The van der Waals surface area contributed by atoms with E-state index in [1.54, 1.807) is 12.1 Å². The Labute approximate surface area is 148 Å². The van der Waals surface area contributed by atoms with Crippen LogP contribution >= 0.6 is 7.60 Å². The number of hydrogen-bond acceptors (Lipinski definition) is 4. The van der Waals surface area contributed by atoms with Crippen LogP contribution in [0, 0.1) is 10.1 Å². The average Bonchev–Trinajstić information content (AvgIpc) is 2.55. The van der Waals surface area contributed by atoms with Crippen molar-refractivity contribution in [1.82, 2.24) is 0 Å². The van der Waals surface area contributed by atoms with Gasteiger partial charge in [0.15, 0.2) is 0 Å². The lowest BCUT2D eigenvalue weighted by molar-refractivity contribution is -0.384. The lowest BCUT2D eigenvalue weighted by Crippen LogP contribution is -1.97. The van der Waals surface area contributed by atoms with Crippen LogP contribution in [-0.2, 0) is 4.57 Å². The summed E-state index contributed by atoms with van der Waals surface area (Å²) in [7, 11) is -3.81. The summed E-state index contributed by atoms with van der Waals surface area (Å²) in [6.45, 7) is 0.611. The number of ether oxygens (including phenoxy) is 1. The zero-order valence-corrected chi connectivity index (χ0v) is 15.4. The standard InChI is InChI=1S/C17H28NO6P/c19-18(20)16-10-12-17(13-11-16)24-14-8-6-4-2-1-3-5-7-9-15-25(21,22)23/h10-13H,1-9,14-15H2,(H2,21,22,23). The van der Waals surface area contributed by atoms with E-state index in [0.29, 0.717) is 18.8 Å². The highest BCUT2D eigenvalue weighted by molar-refractivity contribution is 7.51. The topological polar surface area (TPSA) is 110 Å². The molecule has 0 aliphatic heterocycles. The van der Waals surface area contributed by atoms with Crippen LogP contribution in [-0.4, -0.2) is 27.5 Å². The van der Waals surface area contributed by atoms with Crippen LogP contribution in [0.1, 0.15) is 57.8 Å². The van der Waals surface area contributed by atoms with Gasteiger partial charge in [-0.3, -0.25) is 14.7 Å². The molecule has 0 spiro atoms. The highest BCUT2D eigenvalue weighted by atomic mass is 31.2. The molecule has 0 amide bonds. The number of rotatable bonds is 14. The van der Waals surface area contributed by atoms with Gasteiger partial charge >= 0.3 is 7.60 Å². The third kappa shape index (κ3) is 11.7. The molecule has 0 fully saturated rings. The number of unbranched alkanes of at least 4 members (excludes halogenated alkanes) is 8. The Hall–Kier alpha value is -1.43. The third-order valence-electron chi connectivity index (χ3n) is 3.91. The first-order chi connectivity index (χ1) is 11.9. The van der Waals surface area contributed by atoms with E-state index in [0.717, 1.165) is 51.4 Å². The zero-order valence-electron chi connectivity index (χ0n) is 14.5. The van der Waals surface area contributed by atoms with Crippen molar-refractivity contribution >= 4 is 13.3 Å². The van der Waals surface area contributed by atoms with Crippen LogP contribution in [0.5, 0.6) is 5.75 Å². The molecule has 0 bridgehead atoms. The number of non-ortho nitro benzene ring substituents is 1. The summed E-state index contributed by atoms with van der Waals surface area (Å²) >= 11 is 0. The average molecular weight is 373 g/mol. The van der Waals surface area contributed by atoms with Gasteiger partial charge in [0, 0.05) is 18.3 Å². The second-order valence-electron chi connectivity index (χ2n) is 6.17. The van der Waals surface area contributed by atoms with E-state index in [1.165, 1.54) is 12.1 Å². The lowest BCUT2D eigenvalue weighted by Gasteiger charge is -2.06. The summed E-state index contributed by atoms with van der Waals surface area (Å²) in [5, 5.41) is 10.5. The van der Waals surface area contributed by atoms with Crippen molar-refractivity contribution in [2.45, 2.75) is 57.8 Å². The van der Waals surface area contributed by atoms with Crippen LogP contribution in [0.3, 0.4) is 0 Å². The molecule has 2 N–H and O–H groups in total. The first kappa shape index (κ1) is 21.6. The van der Waals surface area contributed by atoms with Crippen molar-refractivity contribution in [1.29, 1.82) is 0 Å². The highest BCUT2D eigenvalue weighted by Gasteiger charge is 2.10. The second kappa shape index (κ2) is 12.0. The van der Waals surface area contributed by atoms with Gasteiger partial charge in [-0.15, -0.1) is 0 Å². The minimum absolute atomic E-state index is 0.00175. The first-order valence-corrected chi connectivity index (χ1v) is 10.6. The van der Waals surface area contributed by atoms with Gasteiger partial charge in [0.1, 0.15) is 5.75 Å². The van der Waals surface area contributed by atoms with Gasteiger partial charge in [-0.2, -0.15) is 0 Å². The van der Waals surface area contributed by atoms with Crippen molar-refractivity contribution in [3.05, 3.63) is 34.4 Å². The molecule has 0 saturated heterocycles. The molecular weight excluding hydrogens is 345 g/mol. The molecule has 25 heavy (non-hydrogen) atoms. The third-order valence-corrected chi connectivity index (χ3v) is 4.81. The van der Waals surface area contributed by atoms with Gasteiger partial charge in [0.2, 0.25) is 0 Å². The lowest BCUT2D eigenvalue weighted by atomic mass is 10.1. The summed E-state index contributed by atoms with van der Waals surface area (Å²) in [6.07, 6.45) is 9.13. The summed E-state index contributed by atoms with van der Waals surface area (Å²) in [5.41, 5.74) is 0.0640. The zero-order chi connectivity index (χ0) is 18.5. The summed E-state index contributed by atoms with van der Waals surface area (Å²) in [4.78, 5) is 27.6. The Balaban J connectivity index is 1.90. The number of benzene rings is 1. The fraction of sp³-hybridized carbons (Fsp3) is 0.647. The molecule has 142 valence electrons. The SMILES string of the molecule is O=[N+]([O-])c1ccc(OCCCCCCCCCCCP(=O)(O)O)cc1. The number of hydrogen-bond donors (Lipinski definition) is 2. The molecule has 0 aliphatic carbocycles. The van der Waals surface area contributed by atoms with E-state index in [4.69, 9.17) is 14.5 Å². The van der Waals surface area contributed by atoms with Crippen LogP contribution in [0.2, 0.25) is 0 Å². The minimum Gasteiger partial charge on any atom is -0.494 e. The van der Waals surface area contributed by atoms with Crippen LogP contribution in [0.15, 0.2) is 24.3 Å². The molecule has 0 radical (unpaired) electrons. The largest absolute Gasteiger partial charge is 0.494 e. The Morgan fingerprint density at radius 2 is 1.36 bits per heavy atom. The summed E-state index contributed by atoms with van der Waals surface area (Å²) in [5.74, 6) is 0.654. The number of nitrogens with zero attached hydrogens (tertiary/aromatic N) is 1. The van der Waals surface area contributed by atoms with Crippen LogP contribution < -0.4 is 4.74 Å². The smallest absolute Gasteiger partial charge is 0.325 e. The fourth-order valence-corrected chi connectivity index (χ4v) is 3.15. The van der Waals surface area contributed by atoms with Crippen LogP contribution in [0.25, 0.3) is 0 Å². The molecular formula is C17H28NO6P. The van der Waals surface area contributed by atoms with Crippen molar-refractivity contribution < 1.29 is 24.0 Å². The first-order valence-electron chi connectivity index (χ1n) is 8.80. The summed E-state index contributed by atoms with van der Waals surface area (Å²) < 4.78 is 16.2. The normalized spacial score (nSPS) is 11.4. The molecule has 7 nitrogen and oxygen atoms in total. The van der Waals surface area contributed by atoms with E-state index in [-0.39, 0.29) is 11.8 Å². The van der Waals surface area contributed by atoms with Gasteiger partial charge in [-0.05, 0) is 25.0 Å². The highest BCUT2D eigenvalue weighted by Crippen LogP contribution is 2.35. The summed E-state index contributed by atoms with van der Waals surface area (Å²) in [6, 6.07) is 6.11. The number of nitro groups is 1. The molecule has 0 aliphatic rings. The molecule has 1 rings (SSSR count). The van der Waals surface area contributed by atoms with Gasteiger partial charge in [0.25, 0.3) is 5.69 Å². The van der Waals surface area contributed by atoms with Gasteiger partial charge in [-0.1, -0.05) is 44.9 Å². The van der Waals surface area contributed by atoms with E-state index >= 15 is 0 Å². The van der Waals surface area contributed by atoms with E-state index in [1.807, 2.05) is 0 Å². The van der Waals surface area contributed by atoms with E-state index in [9.17, 15) is 14.7 Å². The molecule has 0 atom stereocenters. The Morgan fingerprint density at radius 3 is 1.84 bits per heavy atom.